The highest BCUT2D eigenvalue weighted by molar-refractivity contribution is 7.11. The quantitative estimate of drug-likeness (QED) is 0.908. The highest BCUT2D eigenvalue weighted by Gasteiger charge is 2.48. The van der Waals surface area contributed by atoms with Crippen molar-refractivity contribution in [2.24, 2.45) is 17.8 Å². The van der Waals surface area contributed by atoms with Crippen LogP contribution in [-0.2, 0) is 11.2 Å². The van der Waals surface area contributed by atoms with Crippen molar-refractivity contribution in [2.75, 3.05) is 0 Å². The third-order valence-corrected chi connectivity index (χ3v) is 5.59. The molecule has 4 heteroatoms. The molecule has 3 rings (SSSR count). The van der Waals surface area contributed by atoms with Gasteiger partial charge in [-0.25, -0.2) is 4.98 Å². The van der Waals surface area contributed by atoms with Gasteiger partial charge in [0.2, 0.25) is 5.91 Å². The molecule has 1 amide bonds. The Morgan fingerprint density at radius 1 is 1.50 bits per heavy atom. The van der Waals surface area contributed by atoms with Crippen LogP contribution in [0.1, 0.15) is 49.0 Å². The lowest BCUT2D eigenvalue weighted by atomic mass is 10.0. The minimum absolute atomic E-state index is 0.0553. The van der Waals surface area contributed by atoms with Crippen LogP contribution in [0.15, 0.2) is 6.20 Å². The van der Waals surface area contributed by atoms with Crippen molar-refractivity contribution in [3.05, 3.63) is 16.1 Å². The lowest BCUT2D eigenvalue weighted by Gasteiger charge is -2.16. The van der Waals surface area contributed by atoms with Gasteiger partial charge in [0.05, 0.1) is 6.04 Å². The second-order valence-electron chi connectivity index (χ2n) is 5.67. The van der Waals surface area contributed by atoms with E-state index in [0.29, 0.717) is 0 Å². The van der Waals surface area contributed by atoms with Gasteiger partial charge in [-0.1, -0.05) is 6.92 Å². The Bertz CT molecular complexity index is 446. The fraction of sp³-hybridized carbons (Fsp3) is 0.714. The Morgan fingerprint density at radius 2 is 2.22 bits per heavy atom. The first-order valence-corrected chi connectivity index (χ1v) is 7.74. The molecule has 1 heterocycles. The topological polar surface area (TPSA) is 42.0 Å². The number of nitrogens with one attached hydrogen (secondary N) is 1. The van der Waals surface area contributed by atoms with Crippen molar-refractivity contribution in [2.45, 2.75) is 45.6 Å². The van der Waals surface area contributed by atoms with Crippen molar-refractivity contribution in [3.8, 4) is 0 Å². The normalized spacial score (nSPS) is 30.9. The summed E-state index contributed by atoms with van der Waals surface area (Å²) in [4.78, 5) is 17.8. The monoisotopic (exact) mass is 264 g/mol. The Kier molecular flexibility index (Phi) is 3.14. The number of hydrogen-bond donors (Lipinski definition) is 1. The molecule has 3 nitrogen and oxygen atoms in total. The average molecular weight is 264 g/mol. The van der Waals surface area contributed by atoms with E-state index in [2.05, 4.69) is 17.2 Å². The summed E-state index contributed by atoms with van der Waals surface area (Å²) < 4.78 is 0. The molecule has 18 heavy (non-hydrogen) atoms. The third kappa shape index (κ3) is 2.30. The molecule has 0 radical (unpaired) electrons. The predicted octanol–water partition coefficient (Wildman–Crippen LogP) is 2.93. The number of amides is 1. The lowest BCUT2D eigenvalue weighted by Crippen LogP contribution is -2.32. The van der Waals surface area contributed by atoms with E-state index in [4.69, 9.17) is 0 Å². The van der Waals surface area contributed by atoms with E-state index in [0.717, 1.165) is 36.1 Å². The van der Waals surface area contributed by atoms with Crippen LogP contribution in [0.25, 0.3) is 0 Å². The van der Waals surface area contributed by atoms with Gasteiger partial charge < -0.3 is 5.32 Å². The molecule has 1 aromatic heterocycles. The summed E-state index contributed by atoms with van der Waals surface area (Å²) in [5.74, 6) is 2.23. The van der Waals surface area contributed by atoms with Crippen LogP contribution in [0.2, 0.25) is 0 Å². The predicted molar refractivity (Wildman–Crippen MR) is 72.4 cm³/mol. The average Bonchev–Trinajstić information content (AvgIpc) is 2.84. The molecule has 98 valence electrons. The van der Waals surface area contributed by atoms with Crippen LogP contribution >= 0.6 is 11.3 Å². The molecular weight excluding hydrogens is 244 g/mol. The summed E-state index contributed by atoms with van der Waals surface area (Å²) in [5.41, 5.74) is 0. The maximum atomic E-state index is 12.1. The van der Waals surface area contributed by atoms with E-state index in [1.807, 2.05) is 13.1 Å². The molecule has 1 aromatic rings. The SMILES string of the molecule is CCc1cnc(C(C)NC(=O)C2CC3CC3C2)s1. The molecule has 2 saturated carbocycles. The summed E-state index contributed by atoms with van der Waals surface area (Å²) in [7, 11) is 0. The van der Waals surface area contributed by atoms with Gasteiger partial charge in [0.15, 0.2) is 0 Å². The molecule has 3 atom stereocenters. The van der Waals surface area contributed by atoms with Crippen molar-refractivity contribution in [1.82, 2.24) is 10.3 Å². The minimum atomic E-state index is 0.0553. The van der Waals surface area contributed by atoms with Gasteiger partial charge in [-0.2, -0.15) is 0 Å². The smallest absolute Gasteiger partial charge is 0.223 e. The zero-order valence-electron chi connectivity index (χ0n) is 11.0. The van der Waals surface area contributed by atoms with E-state index in [1.165, 1.54) is 11.3 Å². The van der Waals surface area contributed by atoms with Crippen molar-refractivity contribution in [3.63, 3.8) is 0 Å². The maximum absolute atomic E-state index is 12.1. The maximum Gasteiger partial charge on any atom is 0.223 e. The number of thiazole rings is 1. The molecule has 2 fully saturated rings. The van der Waals surface area contributed by atoms with Crippen molar-refractivity contribution < 1.29 is 4.79 Å². The molecule has 1 N–H and O–H groups in total. The number of carbonyl (C=O) groups excluding carboxylic acids is 1. The standard InChI is InChI=1S/C14H20N2OS/c1-3-12-7-15-14(18-12)8(2)16-13(17)11-5-9-4-10(9)6-11/h7-11H,3-6H2,1-2H3,(H,16,17). The summed E-state index contributed by atoms with van der Waals surface area (Å²) in [6.45, 7) is 4.16. The van der Waals surface area contributed by atoms with E-state index in [9.17, 15) is 4.79 Å². The lowest BCUT2D eigenvalue weighted by molar-refractivity contribution is -0.125. The van der Waals surface area contributed by atoms with E-state index < -0.39 is 0 Å². The molecule has 3 unspecified atom stereocenters. The van der Waals surface area contributed by atoms with Crippen LogP contribution in [-0.4, -0.2) is 10.9 Å². The fourth-order valence-corrected chi connectivity index (χ4v) is 3.87. The van der Waals surface area contributed by atoms with Crippen LogP contribution < -0.4 is 5.32 Å². The van der Waals surface area contributed by atoms with Gasteiger partial charge in [-0.05, 0) is 44.4 Å². The van der Waals surface area contributed by atoms with Gasteiger partial charge in [0, 0.05) is 17.0 Å². The summed E-state index contributed by atoms with van der Waals surface area (Å²) in [6, 6.07) is 0.0553. The number of aromatic nitrogens is 1. The van der Waals surface area contributed by atoms with Gasteiger partial charge in [0.1, 0.15) is 5.01 Å². The summed E-state index contributed by atoms with van der Waals surface area (Å²) in [5, 5.41) is 4.16. The Hall–Kier alpha value is -0.900. The fourth-order valence-electron chi connectivity index (χ4n) is 3.01. The molecule has 2 aliphatic rings. The Balaban J connectivity index is 1.56. The highest BCUT2D eigenvalue weighted by atomic mass is 32.1. The first-order valence-electron chi connectivity index (χ1n) is 6.92. The molecule has 0 aromatic carbocycles. The van der Waals surface area contributed by atoms with Crippen LogP contribution in [0.3, 0.4) is 0 Å². The number of hydrogen-bond acceptors (Lipinski definition) is 3. The molecule has 0 spiro atoms. The van der Waals surface area contributed by atoms with Crippen LogP contribution in [0.5, 0.6) is 0 Å². The second-order valence-corrected chi connectivity index (χ2v) is 6.82. The van der Waals surface area contributed by atoms with Gasteiger partial charge in [-0.15, -0.1) is 11.3 Å². The highest BCUT2D eigenvalue weighted by Crippen LogP contribution is 2.54. The summed E-state index contributed by atoms with van der Waals surface area (Å²) >= 11 is 1.71. The number of rotatable bonds is 4. The van der Waals surface area contributed by atoms with E-state index >= 15 is 0 Å². The zero-order valence-corrected chi connectivity index (χ0v) is 11.8. The van der Waals surface area contributed by atoms with Gasteiger partial charge >= 0.3 is 0 Å². The number of fused-ring (bicyclic) bond motifs is 1. The van der Waals surface area contributed by atoms with Crippen molar-refractivity contribution in [1.29, 1.82) is 0 Å². The van der Waals surface area contributed by atoms with E-state index in [1.54, 1.807) is 11.3 Å². The molecule has 2 aliphatic carbocycles. The minimum Gasteiger partial charge on any atom is -0.347 e. The first kappa shape index (κ1) is 12.2. The van der Waals surface area contributed by atoms with Crippen LogP contribution in [0.4, 0.5) is 0 Å². The summed E-state index contributed by atoms with van der Waals surface area (Å²) in [6.07, 6.45) is 6.53. The third-order valence-electron chi connectivity index (χ3n) is 4.26. The molecule has 0 saturated heterocycles. The second kappa shape index (κ2) is 4.65. The molecule has 0 bridgehead atoms. The molecule has 0 aliphatic heterocycles. The molecular formula is C14H20N2OS. The zero-order chi connectivity index (χ0) is 12.7. The van der Waals surface area contributed by atoms with Gasteiger partial charge in [-0.3, -0.25) is 4.79 Å². The number of aryl methyl sites for hydroxylation is 1. The van der Waals surface area contributed by atoms with E-state index in [-0.39, 0.29) is 17.9 Å². The van der Waals surface area contributed by atoms with Gasteiger partial charge in [0.25, 0.3) is 0 Å². The number of nitrogens with zero attached hydrogens (tertiary/aromatic N) is 1. The largest absolute Gasteiger partial charge is 0.347 e. The first-order chi connectivity index (χ1) is 8.67. The Morgan fingerprint density at radius 3 is 2.83 bits per heavy atom. The van der Waals surface area contributed by atoms with Crippen LogP contribution in [0, 0.1) is 17.8 Å². The van der Waals surface area contributed by atoms with Crippen molar-refractivity contribution >= 4 is 17.2 Å². The Labute approximate surface area is 112 Å². The number of carbonyl (C=O) groups is 1.